The number of aryl methyl sites for hydroxylation is 2. The molecule has 31 heavy (non-hydrogen) atoms. The normalized spacial score (nSPS) is 12.2. The smallest absolute Gasteiger partial charge is 0.266 e. The van der Waals surface area contributed by atoms with Crippen molar-refractivity contribution in [3.8, 4) is 11.5 Å². The van der Waals surface area contributed by atoms with Crippen LogP contribution in [0.25, 0.3) is 5.65 Å². The number of amides is 1. The highest BCUT2D eigenvalue weighted by Crippen LogP contribution is 2.30. The Morgan fingerprint density at radius 1 is 1.19 bits per heavy atom. The van der Waals surface area contributed by atoms with Gasteiger partial charge in [0.05, 0.1) is 26.2 Å². The van der Waals surface area contributed by atoms with Gasteiger partial charge in [-0.2, -0.15) is 0 Å². The van der Waals surface area contributed by atoms with E-state index in [-0.39, 0.29) is 23.9 Å². The summed E-state index contributed by atoms with van der Waals surface area (Å²) in [5.41, 5.74) is 3.55. The minimum atomic E-state index is -0.222. The number of nitrogens with one attached hydrogen (secondary N) is 2. The van der Waals surface area contributed by atoms with E-state index in [1.54, 1.807) is 11.6 Å². The van der Waals surface area contributed by atoms with E-state index in [0.717, 1.165) is 22.5 Å². The van der Waals surface area contributed by atoms with Gasteiger partial charge < -0.3 is 14.8 Å². The number of hydrogen-bond acceptors (Lipinski definition) is 5. The van der Waals surface area contributed by atoms with Gasteiger partial charge >= 0.3 is 0 Å². The van der Waals surface area contributed by atoms with Crippen LogP contribution in [0.3, 0.4) is 0 Å². The van der Waals surface area contributed by atoms with E-state index in [9.17, 15) is 9.59 Å². The number of aromatic amines is 1. The molecule has 1 unspecified atom stereocenters. The molecular formula is C23H30N4O4. The number of benzene rings is 1. The molecule has 1 atom stereocenters. The van der Waals surface area contributed by atoms with Crippen LogP contribution in [0.2, 0.25) is 0 Å². The van der Waals surface area contributed by atoms with Crippen molar-refractivity contribution in [3.05, 3.63) is 57.1 Å². The molecule has 2 N–H and O–H groups in total. The molecule has 2 heterocycles. The molecule has 0 aliphatic heterocycles. The van der Waals surface area contributed by atoms with Gasteiger partial charge in [0, 0.05) is 23.0 Å². The topological polar surface area (TPSA) is 97.7 Å². The third-order valence-corrected chi connectivity index (χ3v) is 5.18. The van der Waals surface area contributed by atoms with Crippen LogP contribution >= 0.6 is 0 Å². The van der Waals surface area contributed by atoms with Crippen molar-refractivity contribution in [1.29, 1.82) is 0 Å². The maximum absolute atomic E-state index is 12.8. The molecule has 3 aromatic rings. The molecule has 1 amide bonds. The number of nitrogens with zero attached hydrogens (tertiary/aromatic N) is 2. The molecule has 0 spiro atoms. The highest BCUT2D eigenvalue weighted by molar-refractivity contribution is 5.79. The number of carbonyl (C=O) groups excluding carboxylic acids is 1. The summed E-state index contributed by atoms with van der Waals surface area (Å²) in [7, 11) is 1.60. The van der Waals surface area contributed by atoms with E-state index < -0.39 is 0 Å². The molecule has 3 rings (SSSR count). The lowest BCUT2D eigenvalue weighted by Crippen LogP contribution is -2.29. The van der Waals surface area contributed by atoms with E-state index in [1.807, 2.05) is 39.0 Å². The van der Waals surface area contributed by atoms with Crippen LogP contribution < -0.4 is 20.3 Å². The zero-order valence-electron chi connectivity index (χ0n) is 18.9. The highest BCUT2D eigenvalue weighted by atomic mass is 16.5. The number of fused-ring (bicyclic) bond motifs is 1. The van der Waals surface area contributed by atoms with Gasteiger partial charge in [0.2, 0.25) is 5.91 Å². The molecule has 0 fully saturated rings. The number of carbonyl (C=O) groups is 1. The van der Waals surface area contributed by atoms with Gasteiger partial charge in [-0.3, -0.25) is 14.7 Å². The van der Waals surface area contributed by atoms with Gasteiger partial charge in [-0.25, -0.2) is 9.50 Å². The summed E-state index contributed by atoms with van der Waals surface area (Å²) in [5.74, 6) is 1.60. The Bertz CT molecular complexity index is 1150. The van der Waals surface area contributed by atoms with E-state index in [0.29, 0.717) is 29.7 Å². The first-order chi connectivity index (χ1) is 14.7. The van der Waals surface area contributed by atoms with Crippen LogP contribution in [0.4, 0.5) is 0 Å². The van der Waals surface area contributed by atoms with Crippen LogP contribution in [0.15, 0.2) is 29.1 Å². The second kappa shape index (κ2) is 9.24. The number of ether oxygens (including phenoxy) is 2. The second-order valence-electron chi connectivity index (χ2n) is 8.16. The Kier molecular flexibility index (Phi) is 6.68. The van der Waals surface area contributed by atoms with Crippen molar-refractivity contribution in [2.24, 2.45) is 5.92 Å². The summed E-state index contributed by atoms with van der Waals surface area (Å²) in [6.07, 6.45) is 0.165. The number of rotatable bonds is 8. The predicted octanol–water partition coefficient (Wildman–Crippen LogP) is 3.10. The standard InChI is InChI=1S/C23H30N4O4/c1-13(2)12-31-19-8-7-17(9-20(19)30-6)14(3)25-22(28)10-18-15(4)24-21-11-23(29)26-27(21)16(18)5/h7-9,11,13-14H,10,12H2,1-6H3,(H,25,28)(H,26,29). The van der Waals surface area contributed by atoms with E-state index in [2.05, 4.69) is 29.2 Å². The van der Waals surface area contributed by atoms with Crippen LogP contribution in [0.5, 0.6) is 11.5 Å². The van der Waals surface area contributed by atoms with Gasteiger partial charge in [0.25, 0.3) is 5.56 Å². The first-order valence-corrected chi connectivity index (χ1v) is 10.4. The van der Waals surface area contributed by atoms with Gasteiger partial charge in [0.1, 0.15) is 0 Å². The van der Waals surface area contributed by atoms with E-state index in [1.165, 1.54) is 6.07 Å². The van der Waals surface area contributed by atoms with Gasteiger partial charge in [-0.15, -0.1) is 0 Å². The first-order valence-electron chi connectivity index (χ1n) is 10.4. The van der Waals surface area contributed by atoms with Crippen LogP contribution in [0.1, 0.15) is 49.3 Å². The Balaban J connectivity index is 1.73. The van der Waals surface area contributed by atoms with Crippen LogP contribution in [0, 0.1) is 19.8 Å². The average molecular weight is 427 g/mol. The Morgan fingerprint density at radius 3 is 2.61 bits per heavy atom. The number of hydrogen-bond donors (Lipinski definition) is 2. The lowest BCUT2D eigenvalue weighted by Gasteiger charge is -2.18. The third-order valence-electron chi connectivity index (χ3n) is 5.18. The van der Waals surface area contributed by atoms with Crippen molar-refractivity contribution >= 4 is 11.6 Å². The predicted molar refractivity (Wildman–Crippen MR) is 119 cm³/mol. The van der Waals surface area contributed by atoms with Crippen LogP contribution in [-0.4, -0.2) is 34.2 Å². The summed E-state index contributed by atoms with van der Waals surface area (Å²) in [4.78, 5) is 28.8. The molecule has 166 valence electrons. The SMILES string of the molecule is COc1cc(C(C)NC(=O)Cc2c(C)nc3cc(=O)[nH]n3c2C)ccc1OCC(C)C. The number of H-pyrrole nitrogens is 1. The molecule has 1 aromatic carbocycles. The molecule has 0 aliphatic rings. The van der Waals surface area contributed by atoms with Crippen molar-refractivity contribution in [2.75, 3.05) is 13.7 Å². The minimum absolute atomic E-state index is 0.131. The fraction of sp³-hybridized carbons (Fsp3) is 0.435. The van der Waals surface area contributed by atoms with Crippen molar-refractivity contribution in [3.63, 3.8) is 0 Å². The fourth-order valence-corrected chi connectivity index (χ4v) is 3.48. The Morgan fingerprint density at radius 2 is 1.94 bits per heavy atom. The first kappa shape index (κ1) is 22.4. The molecule has 0 aliphatic carbocycles. The average Bonchev–Trinajstić information content (AvgIpc) is 3.09. The van der Waals surface area contributed by atoms with Gasteiger partial charge in [-0.1, -0.05) is 19.9 Å². The molecule has 8 heteroatoms. The lowest BCUT2D eigenvalue weighted by molar-refractivity contribution is -0.121. The molecule has 0 saturated carbocycles. The van der Waals surface area contributed by atoms with Crippen molar-refractivity contribution < 1.29 is 14.3 Å². The maximum atomic E-state index is 12.8. The zero-order chi connectivity index (χ0) is 22.7. The second-order valence-corrected chi connectivity index (χ2v) is 8.16. The fourth-order valence-electron chi connectivity index (χ4n) is 3.48. The molecule has 8 nitrogen and oxygen atoms in total. The van der Waals surface area contributed by atoms with E-state index >= 15 is 0 Å². The van der Waals surface area contributed by atoms with Gasteiger partial charge in [0.15, 0.2) is 17.1 Å². The van der Waals surface area contributed by atoms with Crippen molar-refractivity contribution in [1.82, 2.24) is 19.9 Å². The quantitative estimate of drug-likeness (QED) is 0.577. The van der Waals surface area contributed by atoms with E-state index in [4.69, 9.17) is 9.47 Å². The molecule has 0 saturated heterocycles. The molecular weight excluding hydrogens is 396 g/mol. The summed E-state index contributed by atoms with van der Waals surface area (Å²) >= 11 is 0. The Hall–Kier alpha value is -3.29. The summed E-state index contributed by atoms with van der Waals surface area (Å²) in [6, 6.07) is 6.90. The van der Waals surface area contributed by atoms with Gasteiger partial charge in [-0.05, 0) is 44.4 Å². The summed E-state index contributed by atoms with van der Waals surface area (Å²) in [6.45, 7) is 10.4. The summed E-state index contributed by atoms with van der Waals surface area (Å²) in [5, 5.41) is 5.74. The Labute approximate surface area is 181 Å². The highest BCUT2D eigenvalue weighted by Gasteiger charge is 2.17. The largest absolute Gasteiger partial charge is 0.493 e. The van der Waals surface area contributed by atoms with Crippen LogP contribution in [-0.2, 0) is 11.2 Å². The molecule has 0 bridgehead atoms. The minimum Gasteiger partial charge on any atom is -0.493 e. The van der Waals surface area contributed by atoms with Crippen molar-refractivity contribution in [2.45, 2.75) is 47.1 Å². The summed E-state index contributed by atoms with van der Waals surface area (Å²) < 4.78 is 12.9. The molecule has 0 radical (unpaired) electrons. The number of aromatic nitrogens is 3. The number of methoxy groups -OCH3 is 1. The lowest BCUT2D eigenvalue weighted by atomic mass is 10.1. The zero-order valence-corrected chi connectivity index (χ0v) is 18.9. The maximum Gasteiger partial charge on any atom is 0.266 e. The monoisotopic (exact) mass is 426 g/mol. The third kappa shape index (κ3) is 5.07. The molecule has 2 aromatic heterocycles.